The van der Waals surface area contributed by atoms with Crippen molar-refractivity contribution in [2.24, 2.45) is 0 Å². The summed E-state index contributed by atoms with van der Waals surface area (Å²) in [6.45, 7) is 2.24. The lowest BCUT2D eigenvalue weighted by molar-refractivity contribution is -0.142. The minimum atomic E-state index is -0.188. The van der Waals surface area contributed by atoms with Gasteiger partial charge in [0.1, 0.15) is 0 Å². The average Bonchev–Trinajstić information content (AvgIpc) is 2.68. The number of aromatic nitrogens is 1. The molecular formula is C21H22N2O2S. The predicted molar refractivity (Wildman–Crippen MR) is 107 cm³/mol. The molecule has 0 spiro atoms. The Balaban J connectivity index is 1.65. The molecule has 134 valence electrons. The number of benzene rings is 1. The van der Waals surface area contributed by atoms with Gasteiger partial charge in [-0.2, -0.15) is 0 Å². The minimum Gasteiger partial charge on any atom is -0.466 e. The Morgan fingerprint density at radius 3 is 2.62 bits per heavy atom. The number of nitrogens with zero attached hydrogens (tertiary/aromatic N) is 2. The van der Waals surface area contributed by atoms with Gasteiger partial charge in [0.15, 0.2) is 0 Å². The SMILES string of the molecule is CCOC(=O)Cc1ccc(N2C=CC=CC2SCc2ccncc2)cc1. The number of hydrogen-bond acceptors (Lipinski definition) is 5. The number of pyridine rings is 1. The molecule has 2 aromatic rings. The second kappa shape index (κ2) is 9.25. The summed E-state index contributed by atoms with van der Waals surface area (Å²) in [5.41, 5.74) is 3.33. The number of carbonyl (C=O) groups is 1. The molecule has 1 aliphatic heterocycles. The first-order valence-electron chi connectivity index (χ1n) is 8.64. The van der Waals surface area contributed by atoms with Crippen LogP contribution in [0.2, 0.25) is 0 Å². The zero-order valence-electron chi connectivity index (χ0n) is 14.7. The lowest BCUT2D eigenvalue weighted by Gasteiger charge is -2.30. The maximum absolute atomic E-state index is 11.6. The van der Waals surface area contributed by atoms with Crippen LogP contribution in [0.5, 0.6) is 0 Å². The van der Waals surface area contributed by atoms with E-state index in [1.165, 1.54) is 5.56 Å². The fourth-order valence-corrected chi connectivity index (χ4v) is 3.78. The first-order valence-corrected chi connectivity index (χ1v) is 9.69. The molecule has 3 rings (SSSR count). The first kappa shape index (κ1) is 18.3. The van der Waals surface area contributed by atoms with Gasteiger partial charge in [-0.05, 0) is 48.4 Å². The van der Waals surface area contributed by atoms with Crippen LogP contribution in [0.15, 0.2) is 73.2 Å². The maximum atomic E-state index is 11.6. The van der Waals surface area contributed by atoms with Crippen molar-refractivity contribution in [3.05, 3.63) is 84.3 Å². The quantitative estimate of drug-likeness (QED) is 0.682. The normalized spacial score (nSPS) is 15.9. The Morgan fingerprint density at radius 2 is 1.88 bits per heavy atom. The highest BCUT2D eigenvalue weighted by Gasteiger charge is 2.17. The van der Waals surface area contributed by atoms with Crippen molar-refractivity contribution in [2.75, 3.05) is 11.5 Å². The molecule has 2 heterocycles. The van der Waals surface area contributed by atoms with Gasteiger partial charge in [-0.1, -0.05) is 24.3 Å². The molecular weight excluding hydrogens is 344 g/mol. The molecule has 0 saturated heterocycles. The van der Waals surface area contributed by atoms with Gasteiger partial charge in [0.2, 0.25) is 0 Å². The molecule has 0 N–H and O–H groups in total. The topological polar surface area (TPSA) is 42.4 Å². The molecule has 5 heteroatoms. The van der Waals surface area contributed by atoms with Crippen LogP contribution >= 0.6 is 11.8 Å². The van der Waals surface area contributed by atoms with Crippen LogP contribution in [-0.2, 0) is 21.7 Å². The highest BCUT2D eigenvalue weighted by molar-refractivity contribution is 7.99. The van der Waals surface area contributed by atoms with Gasteiger partial charge in [-0.25, -0.2) is 0 Å². The Morgan fingerprint density at radius 1 is 1.12 bits per heavy atom. The third kappa shape index (κ3) is 4.99. The molecule has 1 aromatic carbocycles. The second-order valence-corrected chi connectivity index (χ2v) is 6.94. The first-order chi connectivity index (χ1) is 12.8. The molecule has 0 fully saturated rings. The number of thioether (sulfide) groups is 1. The standard InChI is InChI=1S/C21H22N2O2S/c1-2-25-21(24)15-17-6-8-19(9-7-17)23-14-4-3-5-20(23)26-16-18-10-12-22-13-11-18/h3-14,20H,2,15-16H2,1H3. The highest BCUT2D eigenvalue weighted by Crippen LogP contribution is 2.29. The molecule has 1 aliphatic rings. The van der Waals surface area contributed by atoms with E-state index < -0.39 is 0 Å². The maximum Gasteiger partial charge on any atom is 0.310 e. The van der Waals surface area contributed by atoms with Gasteiger partial charge < -0.3 is 9.64 Å². The van der Waals surface area contributed by atoms with E-state index in [0.29, 0.717) is 13.0 Å². The highest BCUT2D eigenvalue weighted by atomic mass is 32.2. The number of rotatable bonds is 7. The lowest BCUT2D eigenvalue weighted by atomic mass is 10.1. The van der Waals surface area contributed by atoms with Crippen LogP contribution in [0.1, 0.15) is 18.1 Å². The summed E-state index contributed by atoms with van der Waals surface area (Å²) in [5.74, 6) is 0.731. The van der Waals surface area contributed by atoms with Crippen molar-refractivity contribution in [1.29, 1.82) is 0 Å². The molecule has 0 bridgehead atoms. The van der Waals surface area contributed by atoms with Gasteiger partial charge in [-0.15, -0.1) is 11.8 Å². The van der Waals surface area contributed by atoms with Crippen molar-refractivity contribution in [3.63, 3.8) is 0 Å². The van der Waals surface area contributed by atoms with Gasteiger partial charge in [0, 0.05) is 30.0 Å². The van der Waals surface area contributed by atoms with Crippen molar-refractivity contribution in [1.82, 2.24) is 4.98 Å². The molecule has 1 atom stereocenters. The molecule has 0 radical (unpaired) electrons. The average molecular weight is 366 g/mol. The van der Waals surface area contributed by atoms with E-state index in [-0.39, 0.29) is 11.3 Å². The van der Waals surface area contributed by atoms with Crippen molar-refractivity contribution in [2.45, 2.75) is 24.5 Å². The molecule has 26 heavy (non-hydrogen) atoms. The second-order valence-electron chi connectivity index (χ2n) is 5.84. The van der Waals surface area contributed by atoms with Gasteiger partial charge in [0.25, 0.3) is 0 Å². The molecule has 4 nitrogen and oxygen atoms in total. The van der Waals surface area contributed by atoms with E-state index in [1.54, 1.807) is 0 Å². The summed E-state index contributed by atoms with van der Waals surface area (Å²) in [4.78, 5) is 17.9. The monoisotopic (exact) mass is 366 g/mol. The Kier molecular flexibility index (Phi) is 6.50. The van der Waals surface area contributed by atoms with Crippen LogP contribution in [0.3, 0.4) is 0 Å². The summed E-state index contributed by atoms with van der Waals surface area (Å²) in [5, 5.41) is 0.226. The fraction of sp³-hybridized carbons (Fsp3) is 0.238. The third-order valence-electron chi connectivity index (χ3n) is 3.97. The molecule has 0 aliphatic carbocycles. The van der Waals surface area contributed by atoms with Crippen LogP contribution in [0.4, 0.5) is 5.69 Å². The third-order valence-corrected chi connectivity index (χ3v) is 5.19. The van der Waals surface area contributed by atoms with E-state index in [9.17, 15) is 4.79 Å². The molecule has 1 unspecified atom stereocenters. The van der Waals surface area contributed by atoms with E-state index >= 15 is 0 Å². The summed E-state index contributed by atoms with van der Waals surface area (Å²) in [6.07, 6.45) is 12.4. The van der Waals surface area contributed by atoms with Gasteiger partial charge in [0.05, 0.1) is 18.4 Å². The van der Waals surface area contributed by atoms with Crippen molar-refractivity contribution in [3.8, 4) is 0 Å². The number of allylic oxidation sites excluding steroid dienone is 2. The van der Waals surface area contributed by atoms with E-state index in [1.807, 2.05) is 61.4 Å². The van der Waals surface area contributed by atoms with Crippen molar-refractivity contribution < 1.29 is 9.53 Å². The van der Waals surface area contributed by atoms with Crippen LogP contribution < -0.4 is 4.90 Å². The minimum absolute atomic E-state index is 0.188. The summed E-state index contributed by atoms with van der Waals surface area (Å²) in [7, 11) is 0. The summed E-state index contributed by atoms with van der Waals surface area (Å²) in [6, 6.07) is 12.2. The van der Waals surface area contributed by atoms with E-state index in [0.717, 1.165) is 17.0 Å². The predicted octanol–water partition coefficient (Wildman–Crippen LogP) is 4.34. The molecule has 0 amide bonds. The summed E-state index contributed by atoms with van der Waals surface area (Å²) >= 11 is 1.86. The van der Waals surface area contributed by atoms with Gasteiger partial charge in [-0.3, -0.25) is 9.78 Å². The van der Waals surface area contributed by atoms with Crippen LogP contribution in [-0.4, -0.2) is 22.9 Å². The largest absolute Gasteiger partial charge is 0.466 e. The zero-order valence-corrected chi connectivity index (χ0v) is 15.6. The number of esters is 1. The number of carbonyl (C=O) groups excluding carboxylic acids is 1. The van der Waals surface area contributed by atoms with Crippen LogP contribution in [0.25, 0.3) is 0 Å². The fourth-order valence-electron chi connectivity index (χ4n) is 2.67. The molecule has 0 saturated carbocycles. The van der Waals surface area contributed by atoms with E-state index in [4.69, 9.17) is 4.74 Å². The zero-order chi connectivity index (χ0) is 18.2. The van der Waals surface area contributed by atoms with E-state index in [2.05, 4.69) is 40.4 Å². The Bertz CT molecular complexity index is 772. The number of anilines is 1. The van der Waals surface area contributed by atoms with Gasteiger partial charge >= 0.3 is 5.97 Å². The van der Waals surface area contributed by atoms with Crippen LogP contribution in [0, 0.1) is 0 Å². The summed E-state index contributed by atoms with van der Waals surface area (Å²) < 4.78 is 5.01. The number of ether oxygens (including phenoxy) is 1. The Labute approximate surface area is 158 Å². The Hall–Kier alpha value is -2.53. The lowest BCUT2D eigenvalue weighted by Crippen LogP contribution is -2.27. The number of hydrogen-bond donors (Lipinski definition) is 0. The molecule has 1 aromatic heterocycles. The van der Waals surface area contributed by atoms with Crippen molar-refractivity contribution >= 4 is 23.4 Å². The smallest absolute Gasteiger partial charge is 0.310 e.